The van der Waals surface area contributed by atoms with Gasteiger partial charge in [0.15, 0.2) is 0 Å². The highest BCUT2D eigenvalue weighted by molar-refractivity contribution is 5.94. The maximum absolute atomic E-state index is 13.1. The average Bonchev–Trinajstić information content (AvgIpc) is 2.98. The van der Waals surface area contributed by atoms with E-state index in [1.807, 2.05) is 60.7 Å². The van der Waals surface area contributed by atoms with Crippen molar-refractivity contribution in [1.82, 2.24) is 14.9 Å². The predicted molar refractivity (Wildman–Crippen MR) is 140 cm³/mol. The van der Waals surface area contributed by atoms with Crippen molar-refractivity contribution in [1.29, 1.82) is 0 Å². The molecule has 9 nitrogen and oxygen atoms in total. The van der Waals surface area contributed by atoms with E-state index >= 15 is 0 Å². The van der Waals surface area contributed by atoms with Crippen molar-refractivity contribution < 1.29 is 28.6 Å². The van der Waals surface area contributed by atoms with Crippen LogP contribution >= 0.6 is 0 Å². The van der Waals surface area contributed by atoms with Gasteiger partial charge in [-0.15, -0.1) is 0 Å². The normalized spacial score (nSPS) is 12.9. The van der Waals surface area contributed by atoms with Gasteiger partial charge in [-0.25, -0.2) is 19.6 Å². The minimum atomic E-state index is -0.707. The van der Waals surface area contributed by atoms with Crippen LogP contribution in [0.1, 0.15) is 27.0 Å². The van der Waals surface area contributed by atoms with Crippen LogP contribution in [0.4, 0.5) is 9.59 Å². The van der Waals surface area contributed by atoms with E-state index in [1.165, 1.54) is 12.1 Å². The first-order chi connectivity index (χ1) is 18.5. The summed E-state index contributed by atoms with van der Waals surface area (Å²) in [6.45, 7) is 2.31. The summed E-state index contributed by atoms with van der Waals surface area (Å²) in [4.78, 5) is 40.5. The summed E-state index contributed by atoms with van der Waals surface area (Å²) in [5.74, 6) is -0.0689. The van der Waals surface area contributed by atoms with Crippen LogP contribution in [0.15, 0.2) is 84.9 Å². The Kier molecular flexibility index (Phi) is 9.31. The first kappa shape index (κ1) is 26.7. The van der Waals surface area contributed by atoms with E-state index in [0.717, 1.165) is 16.1 Å². The molecule has 198 valence electrons. The number of hydrogen-bond donors (Lipinski definition) is 0. The first-order valence-corrected chi connectivity index (χ1v) is 12.4. The second-order valence-electron chi connectivity index (χ2n) is 8.76. The smallest absolute Gasteiger partial charge is 0.429 e. The third-order valence-corrected chi connectivity index (χ3v) is 6.08. The summed E-state index contributed by atoms with van der Waals surface area (Å²) in [6.07, 6.45) is -1.41. The van der Waals surface area contributed by atoms with Gasteiger partial charge in [-0.3, -0.25) is 4.79 Å². The Morgan fingerprint density at radius 2 is 1.26 bits per heavy atom. The van der Waals surface area contributed by atoms with Gasteiger partial charge < -0.3 is 19.1 Å². The van der Waals surface area contributed by atoms with E-state index in [9.17, 15) is 14.4 Å². The quantitative estimate of drug-likeness (QED) is 0.430. The molecule has 0 aromatic heterocycles. The summed E-state index contributed by atoms with van der Waals surface area (Å²) in [6, 6.07) is 25.5. The van der Waals surface area contributed by atoms with Gasteiger partial charge in [0.05, 0.1) is 19.8 Å². The van der Waals surface area contributed by atoms with Gasteiger partial charge >= 0.3 is 12.2 Å². The fourth-order valence-electron chi connectivity index (χ4n) is 3.87. The third kappa shape index (κ3) is 7.33. The molecular weight excluding hydrogens is 486 g/mol. The Hall–Kier alpha value is -4.37. The molecule has 0 N–H and O–H groups in total. The van der Waals surface area contributed by atoms with Crippen LogP contribution in [-0.2, 0) is 34.0 Å². The number of rotatable bonds is 7. The van der Waals surface area contributed by atoms with Crippen LogP contribution in [0.3, 0.4) is 0 Å². The number of hydrogen-bond acceptors (Lipinski definition) is 6. The predicted octanol–water partition coefficient (Wildman–Crippen LogP) is 4.48. The fraction of sp³-hybridized carbons (Fsp3) is 0.276. The van der Waals surface area contributed by atoms with E-state index in [4.69, 9.17) is 14.2 Å². The molecule has 0 unspecified atom stereocenters. The minimum absolute atomic E-state index is 0.0383. The van der Waals surface area contributed by atoms with E-state index in [1.54, 1.807) is 29.2 Å². The molecule has 9 heteroatoms. The molecular formula is C29H31N3O6. The first-order valence-electron chi connectivity index (χ1n) is 12.4. The van der Waals surface area contributed by atoms with Gasteiger partial charge in [-0.1, -0.05) is 72.8 Å². The highest BCUT2D eigenvalue weighted by Gasteiger charge is 2.26. The van der Waals surface area contributed by atoms with Crippen LogP contribution in [0.2, 0.25) is 0 Å². The molecule has 1 fully saturated rings. The topological polar surface area (TPSA) is 88.6 Å². The molecule has 0 aliphatic carbocycles. The molecule has 0 bridgehead atoms. The highest BCUT2D eigenvalue weighted by Crippen LogP contribution is 2.15. The summed E-state index contributed by atoms with van der Waals surface area (Å²) in [5.41, 5.74) is 2.90. The molecule has 0 saturated carbocycles. The second-order valence-corrected chi connectivity index (χ2v) is 8.76. The molecule has 0 spiro atoms. The monoisotopic (exact) mass is 517 g/mol. The molecule has 3 aromatic carbocycles. The fourth-order valence-corrected chi connectivity index (χ4v) is 3.87. The Labute approximate surface area is 222 Å². The van der Waals surface area contributed by atoms with Gasteiger partial charge in [0.1, 0.15) is 13.2 Å². The van der Waals surface area contributed by atoms with Gasteiger partial charge in [0, 0.05) is 25.7 Å². The van der Waals surface area contributed by atoms with Gasteiger partial charge in [0.2, 0.25) is 0 Å². The van der Waals surface area contributed by atoms with Crippen molar-refractivity contribution in [3.8, 4) is 0 Å². The third-order valence-electron chi connectivity index (χ3n) is 6.08. The Bertz CT molecular complexity index is 1200. The molecule has 1 aliphatic rings. The highest BCUT2D eigenvalue weighted by atomic mass is 16.6. The molecule has 1 saturated heterocycles. The maximum atomic E-state index is 13.1. The van der Waals surface area contributed by atoms with Gasteiger partial charge in [0.25, 0.3) is 5.91 Å². The van der Waals surface area contributed by atoms with Crippen molar-refractivity contribution >= 4 is 18.1 Å². The lowest BCUT2D eigenvalue weighted by molar-refractivity contribution is -0.0167. The van der Waals surface area contributed by atoms with Crippen LogP contribution in [-0.4, -0.2) is 66.4 Å². The number of benzene rings is 3. The van der Waals surface area contributed by atoms with Crippen molar-refractivity contribution in [2.75, 3.05) is 33.4 Å². The van der Waals surface area contributed by atoms with Crippen molar-refractivity contribution in [2.45, 2.75) is 19.8 Å². The molecule has 4 rings (SSSR count). The number of carbonyl (C=O) groups is 3. The van der Waals surface area contributed by atoms with E-state index < -0.39 is 12.2 Å². The lowest BCUT2D eigenvalue weighted by Crippen LogP contribution is -2.47. The molecule has 38 heavy (non-hydrogen) atoms. The maximum Gasteiger partial charge on any atom is 0.429 e. The summed E-state index contributed by atoms with van der Waals surface area (Å²) in [5, 5.41) is 2.28. The molecule has 1 heterocycles. The molecule has 0 atom stereocenters. The average molecular weight is 518 g/mol. The van der Waals surface area contributed by atoms with Gasteiger partial charge in [-0.2, -0.15) is 0 Å². The van der Waals surface area contributed by atoms with E-state index in [2.05, 4.69) is 0 Å². The zero-order valence-corrected chi connectivity index (χ0v) is 21.3. The largest absolute Gasteiger partial charge is 0.443 e. The summed E-state index contributed by atoms with van der Waals surface area (Å²) in [7, 11) is 1.45. The number of hydrazine groups is 1. The Balaban J connectivity index is 1.44. The lowest BCUT2D eigenvalue weighted by Gasteiger charge is -2.30. The molecule has 1 aliphatic heterocycles. The van der Waals surface area contributed by atoms with Crippen LogP contribution in [0.5, 0.6) is 0 Å². The van der Waals surface area contributed by atoms with Crippen LogP contribution in [0.25, 0.3) is 0 Å². The second kappa shape index (κ2) is 13.3. The Morgan fingerprint density at radius 3 is 1.82 bits per heavy atom. The van der Waals surface area contributed by atoms with Crippen molar-refractivity contribution in [3.05, 3.63) is 107 Å². The molecule has 3 aromatic rings. The number of carbonyl (C=O) groups excluding carboxylic acids is 3. The number of ether oxygens (including phenoxy) is 3. The van der Waals surface area contributed by atoms with E-state index in [-0.39, 0.29) is 25.7 Å². The standard InChI is InChI=1S/C29H31N3O6/c1-30(28(34)37-21-24-8-4-2-5-9-24)32(29(35)38-22-25-10-6-3-7-11-25)20-23-12-14-26(15-13-23)27(33)31-16-18-36-19-17-31/h2-15H,16-22H2,1H3. The zero-order valence-electron chi connectivity index (χ0n) is 21.3. The summed E-state index contributed by atoms with van der Waals surface area (Å²) >= 11 is 0. The summed E-state index contributed by atoms with van der Waals surface area (Å²) < 4.78 is 16.2. The van der Waals surface area contributed by atoms with Crippen LogP contribution in [0, 0.1) is 0 Å². The number of nitrogens with zero attached hydrogens (tertiary/aromatic N) is 3. The number of morpholine rings is 1. The number of amides is 3. The van der Waals surface area contributed by atoms with Crippen molar-refractivity contribution in [3.63, 3.8) is 0 Å². The molecule has 0 radical (unpaired) electrons. The zero-order chi connectivity index (χ0) is 26.7. The Morgan fingerprint density at radius 1 is 0.737 bits per heavy atom. The molecule has 3 amide bonds. The minimum Gasteiger partial charge on any atom is -0.443 e. The SMILES string of the molecule is CN(C(=O)OCc1ccccc1)N(Cc1ccc(C(=O)N2CCOCC2)cc1)C(=O)OCc1ccccc1. The van der Waals surface area contributed by atoms with Crippen LogP contribution < -0.4 is 0 Å². The van der Waals surface area contributed by atoms with Gasteiger partial charge in [-0.05, 0) is 28.8 Å². The van der Waals surface area contributed by atoms with Crippen molar-refractivity contribution in [2.24, 2.45) is 0 Å². The van der Waals surface area contributed by atoms with E-state index in [0.29, 0.717) is 37.4 Å². The lowest BCUT2D eigenvalue weighted by atomic mass is 10.1.